The van der Waals surface area contributed by atoms with E-state index in [0.717, 1.165) is 4.90 Å². The van der Waals surface area contributed by atoms with Crippen LogP contribution in [0, 0.1) is 0 Å². The smallest absolute Gasteiger partial charge is 0.378 e. The molecule has 30 heavy (non-hydrogen) atoms. The first-order valence-electron chi connectivity index (χ1n) is 9.40. The fraction of sp³-hybridized carbons (Fsp3) is 0.529. The average Bonchev–Trinajstić information content (AvgIpc) is 3.36. The predicted molar refractivity (Wildman–Crippen MR) is 100 cm³/mol. The number of rotatable bonds is 6. The number of ether oxygens (including phenoxy) is 1. The monoisotopic (exact) mass is 428 g/mol. The molecule has 13 heteroatoms. The van der Waals surface area contributed by atoms with Crippen LogP contribution in [-0.2, 0) is 4.74 Å². The van der Waals surface area contributed by atoms with Crippen LogP contribution in [0.4, 0.5) is 29.2 Å². The largest absolute Gasteiger partial charge is 0.405 e. The third kappa shape index (κ3) is 4.15. The second-order valence-corrected chi connectivity index (χ2v) is 6.89. The van der Waals surface area contributed by atoms with Crippen molar-refractivity contribution in [3.8, 4) is 11.3 Å². The zero-order chi connectivity index (χ0) is 21.3. The van der Waals surface area contributed by atoms with E-state index in [1.807, 2.05) is 0 Å². The number of hydrogen-bond donors (Lipinski definition) is 2. The van der Waals surface area contributed by atoms with E-state index < -0.39 is 24.9 Å². The first kappa shape index (κ1) is 20.3. The van der Waals surface area contributed by atoms with E-state index in [9.17, 15) is 17.6 Å². The molecule has 1 saturated heterocycles. The van der Waals surface area contributed by atoms with Crippen molar-refractivity contribution in [1.82, 2.24) is 29.8 Å². The molecule has 0 amide bonds. The molecule has 0 aliphatic carbocycles. The molecule has 0 unspecified atom stereocenters. The Labute approximate surface area is 168 Å². The van der Waals surface area contributed by atoms with Gasteiger partial charge in [-0.3, -0.25) is 5.10 Å². The number of halogens is 4. The zero-order valence-corrected chi connectivity index (χ0v) is 16.0. The number of alkyl halides is 4. The second kappa shape index (κ2) is 8.05. The molecule has 162 valence electrons. The van der Waals surface area contributed by atoms with Crippen molar-refractivity contribution < 1.29 is 22.3 Å². The van der Waals surface area contributed by atoms with E-state index in [0.29, 0.717) is 18.6 Å². The Balaban J connectivity index is 1.78. The van der Waals surface area contributed by atoms with Crippen LogP contribution in [0.25, 0.3) is 16.9 Å². The van der Waals surface area contributed by atoms with E-state index in [4.69, 9.17) is 4.74 Å². The Bertz CT molecular complexity index is 990. The molecular weight excluding hydrogens is 408 g/mol. The second-order valence-electron chi connectivity index (χ2n) is 6.89. The van der Waals surface area contributed by atoms with Crippen molar-refractivity contribution in [2.45, 2.75) is 31.7 Å². The summed E-state index contributed by atoms with van der Waals surface area (Å²) in [5, 5.41) is 13.6. The standard InChI is InChI=1S/C17H20F4N8O/c1-2-28(8-17(19,20)21)14-13(10-5-23-24-6-10)22-9-29-15(14)26-16(27-29)25-12-3-4-30-7-11(12)18/h5-6,9,11-12H,2-4,7-8H2,1H3,(H,23,24)(H,25,27)/t11-,12+/m1/s1. The molecule has 4 heterocycles. The van der Waals surface area contributed by atoms with Crippen molar-refractivity contribution in [3.63, 3.8) is 0 Å². The Kier molecular flexibility index (Phi) is 5.45. The van der Waals surface area contributed by atoms with Gasteiger partial charge in [0.1, 0.15) is 30.4 Å². The van der Waals surface area contributed by atoms with Crippen LogP contribution in [0.5, 0.6) is 0 Å². The normalized spacial score (nSPS) is 19.9. The number of hydrogen-bond acceptors (Lipinski definition) is 7. The molecule has 1 fully saturated rings. The van der Waals surface area contributed by atoms with Gasteiger partial charge in [-0.05, 0) is 13.3 Å². The van der Waals surface area contributed by atoms with E-state index in [1.165, 1.54) is 23.2 Å². The summed E-state index contributed by atoms with van der Waals surface area (Å²) in [6.07, 6.45) is -0.873. The molecule has 0 saturated carbocycles. The quantitative estimate of drug-likeness (QED) is 0.582. The number of fused-ring (bicyclic) bond motifs is 1. The van der Waals surface area contributed by atoms with Gasteiger partial charge in [-0.2, -0.15) is 27.8 Å². The van der Waals surface area contributed by atoms with Crippen LogP contribution in [0.2, 0.25) is 0 Å². The van der Waals surface area contributed by atoms with Gasteiger partial charge in [0.2, 0.25) is 5.95 Å². The van der Waals surface area contributed by atoms with Crippen LogP contribution < -0.4 is 10.2 Å². The fourth-order valence-corrected chi connectivity index (χ4v) is 3.39. The molecule has 1 aliphatic heterocycles. The highest BCUT2D eigenvalue weighted by Crippen LogP contribution is 2.34. The molecule has 2 atom stereocenters. The van der Waals surface area contributed by atoms with Gasteiger partial charge < -0.3 is 15.0 Å². The fourth-order valence-electron chi connectivity index (χ4n) is 3.39. The highest BCUT2D eigenvalue weighted by molar-refractivity contribution is 5.85. The van der Waals surface area contributed by atoms with Crippen molar-refractivity contribution >= 4 is 17.3 Å². The minimum Gasteiger partial charge on any atom is -0.378 e. The lowest BCUT2D eigenvalue weighted by atomic mass is 10.1. The van der Waals surface area contributed by atoms with Gasteiger partial charge in [-0.15, -0.1) is 5.10 Å². The summed E-state index contributed by atoms with van der Waals surface area (Å²) in [7, 11) is 0. The van der Waals surface area contributed by atoms with E-state index >= 15 is 0 Å². The topological polar surface area (TPSA) is 96.3 Å². The molecule has 2 N–H and O–H groups in total. The van der Waals surface area contributed by atoms with Gasteiger partial charge >= 0.3 is 6.18 Å². The third-order valence-corrected chi connectivity index (χ3v) is 4.80. The van der Waals surface area contributed by atoms with E-state index in [-0.39, 0.29) is 36.1 Å². The number of anilines is 2. The molecular formula is C17H20F4N8O. The Morgan fingerprint density at radius 1 is 1.40 bits per heavy atom. The Morgan fingerprint density at radius 2 is 2.23 bits per heavy atom. The minimum atomic E-state index is -4.43. The first-order valence-corrected chi connectivity index (χ1v) is 9.40. The summed E-state index contributed by atoms with van der Waals surface area (Å²) in [5.74, 6) is 0.111. The maximum Gasteiger partial charge on any atom is 0.405 e. The molecule has 3 aromatic heterocycles. The van der Waals surface area contributed by atoms with Crippen LogP contribution in [0.1, 0.15) is 13.3 Å². The SMILES string of the molecule is CCN(CC(F)(F)F)c1c(-c2cn[nH]c2)ncn2nc(N[C@H]3CCOC[C@H]3F)nc12. The van der Waals surface area contributed by atoms with Gasteiger partial charge in [0.15, 0.2) is 5.65 Å². The maximum atomic E-state index is 14.1. The van der Waals surface area contributed by atoms with Gasteiger partial charge in [-0.25, -0.2) is 9.37 Å². The highest BCUT2D eigenvalue weighted by Gasteiger charge is 2.33. The lowest BCUT2D eigenvalue weighted by Crippen LogP contribution is -2.39. The first-order chi connectivity index (χ1) is 14.4. The zero-order valence-electron chi connectivity index (χ0n) is 16.0. The summed E-state index contributed by atoms with van der Waals surface area (Å²) < 4.78 is 60.1. The van der Waals surface area contributed by atoms with Crippen LogP contribution in [0.15, 0.2) is 18.7 Å². The van der Waals surface area contributed by atoms with Crippen molar-refractivity contribution in [3.05, 3.63) is 18.7 Å². The number of H-pyrrole nitrogens is 1. The molecule has 1 aliphatic rings. The highest BCUT2D eigenvalue weighted by atomic mass is 19.4. The maximum absolute atomic E-state index is 14.1. The van der Waals surface area contributed by atoms with Gasteiger partial charge in [0.05, 0.1) is 18.8 Å². The lowest BCUT2D eigenvalue weighted by molar-refractivity contribution is -0.119. The molecule has 0 bridgehead atoms. The van der Waals surface area contributed by atoms with Crippen LogP contribution in [-0.4, -0.2) is 74.5 Å². The van der Waals surface area contributed by atoms with Crippen molar-refractivity contribution in [1.29, 1.82) is 0 Å². The summed E-state index contributed by atoms with van der Waals surface area (Å²) in [5.41, 5.74) is 1.15. The van der Waals surface area contributed by atoms with Crippen LogP contribution in [0.3, 0.4) is 0 Å². The molecule has 3 aromatic rings. The van der Waals surface area contributed by atoms with E-state index in [1.54, 1.807) is 6.92 Å². The van der Waals surface area contributed by atoms with E-state index in [2.05, 4.69) is 30.6 Å². The molecule has 0 radical (unpaired) electrons. The molecule has 0 spiro atoms. The molecule has 0 aromatic carbocycles. The third-order valence-electron chi connectivity index (χ3n) is 4.80. The number of aromatic nitrogens is 6. The minimum absolute atomic E-state index is 0.0301. The summed E-state index contributed by atoms with van der Waals surface area (Å²) in [6.45, 7) is 0.862. The van der Waals surface area contributed by atoms with Crippen LogP contribution >= 0.6 is 0 Å². The summed E-state index contributed by atoms with van der Waals surface area (Å²) in [4.78, 5) is 9.79. The summed E-state index contributed by atoms with van der Waals surface area (Å²) in [6, 6.07) is -0.543. The van der Waals surface area contributed by atoms with Gasteiger partial charge in [0.25, 0.3) is 0 Å². The van der Waals surface area contributed by atoms with Gasteiger partial charge in [-0.1, -0.05) is 0 Å². The van der Waals surface area contributed by atoms with Crippen molar-refractivity contribution in [2.24, 2.45) is 0 Å². The molecule has 9 nitrogen and oxygen atoms in total. The number of nitrogens with one attached hydrogen (secondary N) is 2. The number of nitrogens with zero attached hydrogens (tertiary/aromatic N) is 6. The van der Waals surface area contributed by atoms with Crippen molar-refractivity contribution in [2.75, 3.05) is 36.5 Å². The Morgan fingerprint density at radius 3 is 2.90 bits per heavy atom. The molecule has 4 rings (SSSR count). The number of aromatic amines is 1. The van der Waals surface area contributed by atoms with Gasteiger partial charge in [0, 0.05) is 24.9 Å². The average molecular weight is 428 g/mol. The predicted octanol–water partition coefficient (Wildman–Crippen LogP) is 2.44. The Hall–Kier alpha value is -2.96. The summed E-state index contributed by atoms with van der Waals surface area (Å²) >= 11 is 0. The lowest BCUT2D eigenvalue weighted by Gasteiger charge is -2.26.